The van der Waals surface area contributed by atoms with Crippen molar-refractivity contribution in [1.82, 2.24) is 5.32 Å². The van der Waals surface area contributed by atoms with Gasteiger partial charge in [-0.2, -0.15) is 0 Å². The number of benzene rings is 1. The summed E-state index contributed by atoms with van der Waals surface area (Å²) in [5.74, 6) is -0.485. The third-order valence-corrected chi connectivity index (χ3v) is 2.73. The Morgan fingerprint density at radius 3 is 2.63 bits per heavy atom. The number of carbonyl (C=O) groups excluding carboxylic acids is 1. The number of para-hydroxylation sites is 1. The van der Waals surface area contributed by atoms with E-state index in [9.17, 15) is 9.59 Å². The Hall–Kier alpha value is -2.04. The summed E-state index contributed by atoms with van der Waals surface area (Å²) in [5.41, 5.74) is 0.893. The molecule has 1 unspecified atom stereocenters. The lowest BCUT2D eigenvalue weighted by molar-refractivity contribution is -0.138. The van der Waals surface area contributed by atoms with Crippen molar-refractivity contribution in [2.75, 3.05) is 7.11 Å². The molecule has 1 atom stereocenters. The van der Waals surface area contributed by atoms with Crippen molar-refractivity contribution in [3.05, 3.63) is 29.8 Å². The molecule has 0 aliphatic heterocycles. The maximum absolute atomic E-state index is 11.7. The molecule has 5 nitrogen and oxygen atoms in total. The summed E-state index contributed by atoms with van der Waals surface area (Å²) in [6.45, 7) is 2.12. The molecule has 0 saturated carbocycles. The largest absolute Gasteiger partial charge is 0.496 e. The molecule has 19 heavy (non-hydrogen) atoms. The van der Waals surface area contributed by atoms with Gasteiger partial charge < -0.3 is 15.2 Å². The standard InChI is InChI=1S/C14H19NO4/c1-10(8-14(17)18)7-13(16)15-9-11-5-3-4-6-12(11)19-2/h3-6,10H,7-9H2,1-2H3,(H,15,16)(H,17,18). The van der Waals surface area contributed by atoms with Crippen LogP contribution in [0, 0.1) is 5.92 Å². The number of carboxylic acids is 1. The average molecular weight is 265 g/mol. The molecule has 0 spiro atoms. The molecule has 0 aliphatic carbocycles. The first-order valence-electron chi connectivity index (χ1n) is 6.13. The third kappa shape index (κ3) is 5.42. The third-order valence-electron chi connectivity index (χ3n) is 2.73. The highest BCUT2D eigenvalue weighted by atomic mass is 16.5. The summed E-state index contributed by atoms with van der Waals surface area (Å²) in [5, 5.41) is 11.4. The second-order valence-electron chi connectivity index (χ2n) is 4.50. The monoisotopic (exact) mass is 265 g/mol. The molecule has 104 valence electrons. The molecule has 5 heteroatoms. The SMILES string of the molecule is COc1ccccc1CNC(=O)CC(C)CC(=O)O. The molecule has 1 aromatic carbocycles. The van der Waals surface area contributed by atoms with Crippen LogP contribution in [0.25, 0.3) is 0 Å². The molecule has 0 radical (unpaired) electrons. The van der Waals surface area contributed by atoms with E-state index in [2.05, 4.69) is 5.32 Å². The van der Waals surface area contributed by atoms with Crippen molar-refractivity contribution >= 4 is 11.9 Å². The number of amides is 1. The zero-order valence-corrected chi connectivity index (χ0v) is 11.2. The van der Waals surface area contributed by atoms with Crippen molar-refractivity contribution in [1.29, 1.82) is 0 Å². The second kappa shape index (κ2) is 7.41. The van der Waals surface area contributed by atoms with Gasteiger partial charge in [0.2, 0.25) is 5.91 Å². The van der Waals surface area contributed by atoms with Crippen LogP contribution in [0.2, 0.25) is 0 Å². The minimum Gasteiger partial charge on any atom is -0.496 e. The second-order valence-corrected chi connectivity index (χ2v) is 4.50. The summed E-state index contributed by atoms with van der Waals surface area (Å²) in [4.78, 5) is 22.2. The fourth-order valence-electron chi connectivity index (χ4n) is 1.80. The summed E-state index contributed by atoms with van der Waals surface area (Å²) in [6, 6.07) is 7.44. The van der Waals surface area contributed by atoms with E-state index < -0.39 is 5.97 Å². The molecule has 0 heterocycles. The van der Waals surface area contributed by atoms with Gasteiger partial charge >= 0.3 is 5.97 Å². The normalized spacial score (nSPS) is 11.7. The van der Waals surface area contributed by atoms with Crippen molar-refractivity contribution in [2.45, 2.75) is 26.3 Å². The van der Waals surface area contributed by atoms with Crippen LogP contribution in [0.1, 0.15) is 25.3 Å². The van der Waals surface area contributed by atoms with E-state index in [4.69, 9.17) is 9.84 Å². The van der Waals surface area contributed by atoms with Gasteiger partial charge in [-0.25, -0.2) is 0 Å². The van der Waals surface area contributed by atoms with Crippen LogP contribution in [-0.2, 0) is 16.1 Å². The molecule has 1 aromatic rings. The van der Waals surface area contributed by atoms with Gasteiger partial charge in [0.25, 0.3) is 0 Å². The number of carboxylic acid groups (broad SMARTS) is 1. The molecule has 0 fully saturated rings. The molecule has 2 N–H and O–H groups in total. The van der Waals surface area contributed by atoms with Crippen molar-refractivity contribution < 1.29 is 19.4 Å². The molecule has 1 rings (SSSR count). The van der Waals surface area contributed by atoms with Gasteiger partial charge in [-0.05, 0) is 12.0 Å². The van der Waals surface area contributed by atoms with E-state index >= 15 is 0 Å². The van der Waals surface area contributed by atoms with Crippen LogP contribution < -0.4 is 10.1 Å². The Morgan fingerprint density at radius 2 is 2.00 bits per heavy atom. The first kappa shape index (κ1) is 15.0. The number of hydrogen-bond acceptors (Lipinski definition) is 3. The summed E-state index contributed by atoms with van der Waals surface area (Å²) < 4.78 is 5.18. The fraction of sp³-hybridized carbons (Fsp3) is 0.429. The first-order valence-corrected chi connectivity index (χ1v) is 6.13. The molecule has 0 saturated heterocycles. The van der Waals surface area contributed by atoms with Crippen LogP contribution in [0.3, 0.4) is 0 Å². The molecule has 0 aliphatic rings. The number of methoxy groups -OCH3 is 1. The minimum absolute atomic E-state index is 0.00206. The molecule has 1 amide bonds. The van der Waals surface area contributed by atoms with Gasteiger partial charge in [-0.15, -0.1) is 0 Å². The Bertz CT molecular complexity index is 445. The average Bonchev–Trinajstić information content (AvgIpc) is 2.35. The number of carbonyl (C=O) groups is 2. The molecular formula is C14H19NO4. The van der Waals surface area contributed by atoms with Crippen LogP contribution in [0.15, 0.2) is 24.3 Å². The number of hydrogen-bond donors (Lipinski definition) is 2. The predicted octanol–water partition coefficient (Wildman–Crippen LogP) is 1.81. The van der Waals surface area contributed by atoms with E-state index in [-0.39, 0.29) is 24.7 Å². The number of nitrogens with one attached hydrogen (secondary N) is 1. The highest BCUT2D eigenvalue weighted by Crippen LogP contribution is 2.17. The molecule has 0 bridgehead atoms. The van der Waals surface area contributed by atoms with Crippen LogP contribution in [-0.4, -0.2) is 24.1 Å². The van der Waals surface area contributed by atoms with Crippen LogP contribution >= 0.6 is 0 Å². The van der Waals surface area contributed by atoms with E-state index in [1.807, 2.05) is 24.3 Å². The van der Waals surface area contributed by atoms with E-state index in [1.165, 1.54) is 0 Å². The zero-order chi connectivity index (χ0) is 14.3. The zero-order valence-electron chi connectivity index (χ0n) is 11.2. The molecular weight excluding hydrogens is 246 g/mol. The Balaban J connectivity index is 2.43. The van der Waals surface area contributed by atoms with Gasteiger partial charge in [-0.3, -0.25) is 9.59 Å². The summed E-state index contributed by atoms with van der Waals surface area (Å²) in [6.07, 6.45) is 0.212. The lowest BCUT2D eigenvalue weighted by Gasteiger charge is -2.11. The highest BCUT2D eigenvalue weighted by Gasteiger charge is 2.12. The van der Waals surface area contributed by atoms with Crippen molar-refractivity contribution in [2.24, 2.45) is 5.92 Å². The quantitative estimate of drug-likeness (QED) is 0.788. The Kier molecular flexibility index (Phi) is 5.85. The predicted molar refractivity (Wildman–Crippen MR) is 70.9 cm³/mol. The highest BCUT2D eigenvalue weighted by molar-refractivity contribution is 5.77. The fourth-order valence-corrected chi connectivity index (χ4v) is 1.80. The maximum Gasteiger partial charge on any atom is 0.303 e. The molecule has 0 aromatic heterocycles. The van der Waals surface area contributed by atoms with Crippen LogP contribution in [0.5, 0.6) is 5.75 Å². The topological polar surface area (TPSA) is 75.6 Å². The van der Waals surface area contributed by atoms with Gasteiger partial charge in [-0.1, -0.05) is 25.1 Å². The van der Waals surface area contributed by atoms with E-state index in [1.54, 1.807) is 14.0 Å². The van der Waals surface area contributed by atoms with E-state index in [0.717, 1.165) is 11.3 Å². The van der Waals surface area contributed by atoms with Crippen LogP contribution in [0.4, 0.5) is 0 Å². The number of ether oxygens (including phenoxy) is 1. The lowest BCUT2D eigenvalue weighted by atomic mass is 10.0. The lowest BCUT2D eigenvalue weighted by Crippen LogP contribution is -2.25. The Morgan fingerprint density at radius 1 is 1.32 bits per heavy atom. The van der Waals surface area contributed by atoms with Gasteiger partial charge in [0.1, 0.15) is 5.75 Å². The minimum atomic E-state index is -0.884. The smallest absolute Gasteiger partial charge is 0.303 e. The maximum atomic E-state index is 11.7. The summed E-state index contributed by atoms with van der Waals surface area (Å²) >= 11 is 0. The first-order chi connectivity index (χ1) is 9.02. The van der Waals surface area contributed by atoms with Gasteiger partial charge in [0.15, 0.2) is 0 Å². The number of rotatable bonds is 7. The van der Waals surface area contributed by atoms with E-state index in [0.29, 0.717) is 6.54 Å². The van der Waals surface area contributed by atoms with Crippen molar-refractivity contribution in [3.63, 3.8) is 0 Å². The van der Waals surface area contributed by atoms with Gasteiger partial charge in [0, 0.05) is 24.9 Å². The summed E-state index contributed by atoms with van der Waals surface area (Å²) in [7, 11) is 1.58. The number of aliphatic carboxylic acids is 1. The van der Waals surface area contributed by atoms with Gasteiger partial charge in [0.05, 0.1) is 7.11 Å². The Labute approximate surface area is 112 Å². The van der Waals surface area contributed by atoms with Crippen molar-refractivity contribution in [3.8, 4) is 5.75 Å².